The standard InChI is InChI=1S/C19H26N2O5S/c1-13(20-11-10-14-4-7-16(26-2)8-5-14)19(23)15-6-9-17(18(22)12-15)21-27(3,24)25/h4-9,12-13,19-23H,10-11H2,1-3H3/t13-,19-/m0/s1. The Balaban J connectivity index is 1.91. The lowest BCUT2D eigenvalue weighted by atomic mass is 10.0. The van der Waals surface area contributed by atoms with E-state index in [0.29, 0.717) is 12.1 Å². The fourth-order valence-electron chi connectivity index (χ4n) is 2.66. The quantitative estimate of drug-likeness (QED) is 0.485. The molecule has 0 fully saturated rings. The van der Waals surface area contributed by atoms with Crippen LogP contribution in [0.25, 0.3) is 0 Å². The van der Waals surface area contributed by atoms with Crippen LogP contribution in [0.3, 0.4) is 0 Å². The maximum absolute atomic E-state index is 11.3. The first-order valence-corrected chi connectivity index (χ1v) is 10.4. The molecule has 0 radical (unpaired) electrons. The van der Waals surface area contributed by atoms with Crippen LogP contribution in [-0.4, -0.2) is 44.6 Å². The highest BCUT2D eigenvalue weighted by Gasteiger charge is 2.18. The second-order valence-electron chi connectivity index (χ2n) is 6.44. The number of rotatable bonds is 9. The second kappa shape index (κ2) is 9.07. The Hall–Kier alpha value is -2.29. The van der Waals surface area contributed by atoms with E-state index in [2.05, 4.69) is 10.0 Å². The van der Waals surface area contributed by atoms with Crippen LogP contribution in [0.2, 0.25) is 0 Å². The van der Waals surface area contributed by atoms with Gasteiger partial charge in [0.05, 0.1) is 25.2 Å². The van der Waals surface area contributed by atoms with Crippen molar-refractivity contribution in [2.24, 2.45) is 0 Å². The van der Waals surface area contributed by atoms with Gasteiger partial charge in [-0.15, -0.1) is 0 Å². The Bertz CT molecular complexity index is 853. The van der Waals surface area contributed by atoms with Crippen LogP contribution in [0.5, 0.6) is 11.5 Å². The largest absolute Gasteiger partial charge is 0.506 e. The van der Waals surface area contributed by atoms with Crippen molar-refractivity contribution < 1.29 is 23.4 Å². The molecule has 0 heterocycles. The number of benzene rings is 2. The molecule has 0 amide bonds. The zero-order valence-corrected chi connectivity index (χ0v) is 16.5. The molecule has 0 bridgehead atoms. The number of anilines is 1. The molecule has 0 saturated heterocycles. The van der Waals surface area contributed by atoms with E-state index in [9.17, 15) is 18.6 Å². The van der Waals surface area contributed by atoms with Gasteiger partial charge in [0.1, 0.15) is 11.5 Å². The summed E-state index contributed by atoms with van der Waals surface area (Å²) in [4.78, 5) is 0. The monoisotopic (exact) mass is 394 g/mol. The average Bonchev–Trinajstić information content (AvgIpc) is 2.62. The fourth-order valence-corrected chi connectivity index (χ4v) is 3.23. The van der Waals surface area contributed by atoms with Gasteiger partial charge >= 0.3 is 0 Å². The Kier molecular flexibility index (Phi) is 7.06. The molecule has 0 saturated carbocycles. The highest BCUT2D eigenvalue weighted by atomic mass is 32.2. The minimum Gasteiger partial charge on any atom is -0.506 e. The van der Waals surface area contributed by atoms with E-state index < -0.39 is 16.1 Å². The Morgan fingerprint density at radius 1 is 1.15 bits per heavy atom. The number of methoxy groups -OCH3 is 1. The third-order valence-electron chi connectivity index (χ3n) is 4.17. The average molecular weight is 394 g/mol. The highest BCUT2D eigenvalue weighted by Crippen LogP contribution is 2.29. The fraction of sp³-hybridized carbons (Fsp3) is 0.368. The summed E-state index contributed by atoms with van der Waals surface area (Å²) in [5.41, 5.74) is 1.73. The van der Waals surface area contributed by atoms with E-state index >= 15 is 0 Å². The summed E-state index contributed by atoms with van der Waals surface area (Å²) in [6, 6.07) is 11.9. The molecular formula is C19H26N2O5S. The van der Waals surface area contributed by atoms with Crippen molar-refractivity contribution in [2.45, 2.75) is 25.5 Å². The summed E-state index contributed by atoms with van der Waals surface area (Å²) in [7, 11) is -1.86. The number of sulfonamides is 1. The lowest BCUT2D eigenvalue weighted by Gasteiger charge is -2.21. The number of phenols is 1. The van der Waals surface area contributed by atoms with Crippen molar-refractivity contribution in [1.29, 1.82) is 0 Å². The van der Waals surface area contributed by atoms with Crippen LogP contribution in [0.15, 0.2) is 42.5 Å². The molecular weight excluding hydrogens is 368 g/mol. The molecule has 0 unspecified atom stereocenters. The van der Waals surface area contributed by atoms with E-state index in [4.69, 9.17) is 4.74 Å². The van der Waals surface area contributed by atoms with Crippen molar-refractivity contribution in [2.75, 3.05) is 24.6 Å². The van der Waals surface area contributed by atoms with Crippen LogP contribution in [-0.2, 0) is 16.4 Å². The lowest BCUT2D eigenvalue weighted by molar-refractivity contribution is 0.136. The molecule has 2 aromatic carbocycles. The summed E-state index contributed by atoms with van der Waals surface area (Å²) in [5, 5.41) is 23.7. The molecule has 2 atom stereocenters. The molecule has 7 nitrogen and oxygen atoms in total. The molecule has 0 spiro atoms. The third-order valence-corrected chi connectivity index (χ3v) is 4.76. The van der Waals surface area contributed by atoms with Gasteiger partial charge in [-0.1, -0.05) is 18.2 Å². The molecule has 0 aliphatic rings. The topological polar surface area (TPSA) is 108 Å². The zero-order chi connectivity index (χ0) is 20.0. The number of hydrogen-bond acceptors (Lipinski definition) is 6. The van der Waals surface area contributed by atoms with Crippen molar-refractivity contribution in [3.8, 4) is 11.5 Å². The van der Waals surface area contributed by atoms with E-state index in [-0.39, 0.29) is 17.5 Å². The van der Waals surface area contributed by atoms with Gasteiger partial charge < -0.3 is 20.3 Å². The Morgan fingerprint density at radius 3 is 2.37 bits per heavy atom. The molecule has 0 aromatic heterocycles. The van der Waals surface area contributed by atoms with Gasteiger partial charge in [-0.2, -0.15) is 0 Å². The molecule has 4 N–H and O–H groups in total. The van der Waals surface area contributed by atoms with Crippen molar-refractivity contribution >= 4 is 15.7 Å². The number of aliphatic hydroxyl groups is 1. The van der Waals surface area contributed by atoms with E-state index in [1.165, 1.54) is 12.1 Å². The van der Waals surface area contributed by atoms with E-state index in [0.717, 1.165) is 24.0 Å². The Morgan fingerprint density at radius 2 is 1.81 bits per heavy atom. The van der Waals surface area contributed by atoms with Gasteiger partial charge in [-0.05, 0) is 55.3 Å². The van der Waals surface area contributed by atoms with Crippen LogP contribution < -0.4 is 14.8 Å². The second-order valence-corrected chi connectivity index (χ2v) is 8.18. The molecule has 0 aliphatic carbocycles. The predicted molar refractivity (Wildman–Crippen MR) is 106 cm³/mol. The number of ether oxygens (including phenoxy) is 1. The molecule has 2 rings (SSSR count). The minimum atomic E-state index is -3.48. The number of aromatic hydroxyl groups is 1. The maximum Gasteiger partial charge on any atom is 0.229 e. The number of nitrogens with one attached hydrogen (secondary N) is 2. The first kappa shape index (κ1) is 21.0. The first-order valence-electron chi connectivity index (χ1n) is 8.54. The van der Waals surface area contributed by atoms with Gasteiger partial charge in [0.15, 0.2) is 0 Å². The van der Waals surface area contributed by atoms with Gasteiger partial charge in [-0.25, -0.2) is 8.42 Å². The minimum absolute atomic E-state index is 0.0774. The van der Waals surface area contributed by atoms with Crippen LogP contribution in [0.4, 0.5) is 5.69 Å². The van der Waals surface area contributed by atoms with Gasteiger partial charge in [0, 0.05) is 6.04 Å². The van der Waals surface area contributed by atoms with Crippen molar-refractivity contribution in [3.05, 3.63) is 53.6 Å². The summed E-state index contributed by atoms with van der Waals surface area (Å²) >= 11 is 0. The SMILES string of the molecule is COc1ccc(CCN[C@@H](C)[C@H](O)c2ccc(NS(C)(=O)=O)c(O)c2)cc1. The van der Waals surface area contributed by atoms with Crippen LogP contribution >= 0.6 is 0 Å². The highest BCUT2D eigenvalue weighted by molar-refractivity contribution is 7.92. The number of aliphatic hydroxyl groups excluding tert-OH is 1. The third kappa shape index (κ3) is 6.42. The molecule has 8 heteroatoms. The molecule has 0 aliphatic heterocycles. The number of phenolic OH excluding ortho intramolecular Hbond substituents is 1. The van der Waals surface area contributed by atoms with Crippen molar-refractivity contribution in [1.82, 2.24) is 5.32 Å². The number of hydrogen-bond donors (Lipinski definition) is 4. The summed E-state index contributed by atoms with van der Waals surface area (Å²) in [6.45, 7) is 2.52. The van der Waals surface area contributed by atoms with Gasteiger partial charge in [-0.3, -0.25) is 4.72 Å². The molecule has 148 valence electrons. The van der Waals surface area contributed by atoms with Crippen molar-refractivity contribution in [3.63, 3.8) is 0 Å². The maximum atomic E-state index is 11.3. The predicted octanol–water partition coefficient (Wildman–Crippen LogP) is 2.03. The van der Waals surface area contributed by atoms with Crippen LogP contribution in [0, 0.1) is 0 Å². The zero-order valence-electron chi connectivity index (χ0n) is 15.6. The Labute approximate surface area is 160 Å². The van der Waals surface area contributed by atoms with E-state index in [1.807, 2.05) is 31.2 Å². The normalized spacial score (nSPS) is 13.8. The lowest BCUT2D eigenvalue weighted by Crippen LogP contribution is -2.33. The molecule has 2 aromatic rings. The van der Waals surface area contributed by atoms with Gasteiger partial charge in [0.2, 0.25) is 10.0 Å². The summed E-state index contributed by atoms with van der Waals surface area (Å²) < 4.78 is 29.9. The summed E-state index contributed by atoms with van der Waals surface area (Å²) in [5.74, 6) is 0.575. The smallest absolute Gasteiger partial charge is 0.229 e. The van der Waals surface area contributed by atoms with E-state index in [1.54, 1.807) is 13.2 Å². The first-order chi connectivity index (χ1) is 12.7. The van der Waals surface area contributed by atoms with Crippen LogP contribution in [0.1, 0.15) is 24.2 Å². The molecule has 27 heavy (non-hydrogen) atoms. The summed E-state index contributed by atoms with van der Waals surface area (Å²) in [6.07, 6.45) is 0.951. The van der Waals surface area contributed by atoms with Gasteiger partial charge in [0.25, 0.3) is 0 Å².